The predicted molar refractivity (Wildman–Crippen MR) is 69.1 cm³/mol. The van der Waals surface area contributed by atoms with Crippen LogP contribution in [0.15, 0.2) is 17.3 Å². The Bertz CT molecular complexity index is 701. The van der Waals surface area contributed by atoms with Crippen molar-refractivity contribution in [2.45, 2.75) is 24.5 Å². The highest BCUT2D eigenvalue weighted by Crippen LogP contribution is 2.30. The van der Waals surface area contributed by atoms with Crippen LogP contribution in [0.5, 0.6) is 0 Å². The van der Waals surface area contributed by atoms with Crippen LogP contribution >= 0.6 is 16.1 Å². The van der Waals surface area contributed by atoms with Gasteiger partial charge < -0.3 is 20.1 Å². The topological polar surface area (TPSA) is 123 Å². The summed E-state index contributed by atoms with van der Waals surface area (Å²) in [6.45, 7) is -0.435. The summed E-state index contributed by atoms with van der Waals surface area (Å²) in [7, 11) is 0. The van der Waals surface area contributed by atoms with E-state index in [1.807, 2.05) is 0 Å². The van der Waals surface area contributed by atoms with Crippen molar-refractivity contribution in [2.24, 2.45) is 0 Å². The highest BCUT2D eigenvalue weighted by atomic mass is 79.9. The van der Waals surface area contributed by atoms with Gasteiger partial charge in [-0.25, -0.2) is 13.3 Å². The first-order chi connectivity index (χ1) is 9.54. The number of ether oxygens (including phenoxy) is 1. The van der Waals surface area contributed by atoms with E-state index >= 15 is 0 Å². The Morgan fingerprint density at radius 2 is 2.15 bits per heavy atom. The number of aliphatic hydroxyl groups excluding tert-OH is 3. The van der Waals surface area contributed by atoms with Gasteiger partial charge in [-0.3, -0.25) is 4.79 Å². The molecule has 0 aromatic carbocycles. The molecular formula is C10H11BrN4O5. The standard InChI is InChI=1S/C10H11BrN4O5/c11-14-3-12-8-4(9(14)19)1-13-15(8)10-7(18)6(17)5(2-16)20-10/h1,3,5-7,10,16-18H,2H2/t5-,6-,7-,10?/m1/s1. The molecule has 108 valence electrons. The first kappa shape index (κ1) is 13.6. The van der Waals surface area contributed by atoms with E-state index in [2.05, 4.69) is 26.2 Å². The smallest absolute Gasteiger partial charge is 0.274 e. The molecule has 1 fully saturated rings. The summed E-state index contributed by atoms with van der Waals surface area (Å²) in [5.74, 6) is 0. The molecule has 1 aliphatic heterocycles. The van der Waals surface area contributed by atoms with Crippen LogP contribution in [0.3, 0.4) is 0 Å². The Hall–Kier alpha value is -1.33. The van der Waals surface area contributed by atoms with Gasteiger partial charge in [0.15, 0.2) is 11.9 Å². The van der Waals surface area contributed by atoms with E-state index in [9.17, 15) is 15.0 Å². The number of rotatable bonds is 2. The van der Waals surface area contributed by atoms with Gasteiger partial charge in [-0.2, -0.15) is 5.10 Å². The van der Waals surface area contributed by atoms with E-state index in [-0.39, 0.29) is 16.6 Å². The predicted octanol–water partition coefficient (Wildman–Crippen LogP) is -1.64. The maximum Gasteiger partial charge on any atom is 0.274 e. The summed E-state index contributed by atoms with van der Waals surface area (Å²) in [5, 5.41) is 32.9. The number of hydrogen-bond donors (Lipinski definition) is 3. The van der Waals surface area contributed by atoms with Gasteiger partial charge in [0, 0.05) is 0 Å². The van der Waals surface area contributed by atoms with Crippen molar-refractivity contribution in [3.8, 4) is 0 Å². The lowest BCUT2D eigenvalue weighted by Gasteiger charge is -2.15. The van der Waals surface area contributed by atoms with Crippen LogP contribution in [0.1, 0.15) is 6.23 Å². The molecule has 20 heavy (non-hydrogen) atoms. The quantitative estimate of drug-likeness (QED) is 0.596. The molecule has 3 N–H and O–H groups in total. The second-order valence-electron chi connectivity index (χ2n) is 4.42. The van der Waals surface area contributed by atoms with Crippen molar-refractivity contribution in [2.75, 3.05) is 6.61 Å². The van der Waals surface area contributed by atoms with Crippen molar-refractivity contribution < 1.29 is 20.1 Å². The number of halogens is 1. The van der Waals surface area contributed by atoms with E-state index in [4.69, 9.17) is 9.84 Å². The van der Waals surface area contributed by atoms with Crippen molar-refractivity contribution in [1.82, 2.24) is 18.4 Å². The molecule has 2 aromatic rings. The Morgan fingerprint density at radius 3 is 2.80 bits per heavy atom. The van der Waals surface area contributed by atoms with Crippen molar-refractivity contribution in [1.29, 1.82) is 0 Å². The third-order valence-electron chi connectivity index (χ3n) is 3.23. The van der Waals surface area contributed by atoms with Gasteiger partial charge >= 0.3 is 0 Å². The number of fused-ring (bicyclic) bond motifs is 1. The molecular weight excluding hydrogens is 336 g/mol. The van der Waals surface area contributed by atoms with Gasteiger partial charge in [-0.05, 0) is 0 Å². The first-order valence-electron chi connectivity index (χ1n) is 5.78. The molecule has 0 amide bonds. The molecule has 1 aliphatic rings. The maximum absolute atomic E-state index is 11.9. The number of hydrogen-bond acceptors (Lipinski definition) is 7. The Labute approximate surface area is 120 Å². The van der Waals surface area contributed by atoms with Gasteiger partial charge in [0.2, 0.25) is 0 Å². The minimum absolute atomic E-state index is 0.223. The summed E-state index contributed by atoms with van der Waals surface area (Å²) < 4.78 is 7.69. The lowest BCUT2D eigenvalue weighted by molar-refractivity contribution is -0.0566. The Kier molecular flexibility index (Phi) is 3.34. The Balaban J connectivity index is 2.08. The Morgan fingerprint density at radius 1 is 1.40 bits per heavy atom. The normalized spacial score (nSPS) is 30.2. The molecule has 3 rings (SSSR count). The minimum Gasteiger partial charge on any atom is -0.394 e. The minimum atomic E-state index is -1.27. The summed E-state index contributed by atoms with van der Waals surface area (Å²) in [6.07, 6.45) is -1.88. The van der Waals surface area contributed by atoms with E-state index in [1.165, 1.54) is 17.2 Å². The maximum atomic E-state index is 11.9. The van der Waals surface area contributed by atoms with Gasteiger partial charge in [-0.1, -0.05) is 0 Å². The van der Waals surface area contributed by atoms with Crippen LogP contribution in [0.2, 0.25) is 0 Å². The van der Waals surface area contributed by atoms with Crippen molar-refractivity contribution in [3.05, 3.63) is 22.9 Å². The molecule has 0 bridgehead atoms. The van der Waals surface area contributed by atoms with E-state index in [0.717, 1.165) is 3.59 Å². The molecule has 2 aromatic heterocycles. The largest absolute Gasteiger partial charge is 0.394 e. The van der Waals surface area contributed by atoms with Gasteiger partial charge in [0.1, 0.15) is 30.0 Å². The molecule has 9 nitrogen and oxygen atoms in total. The van der Waals surface area contributed by atoms with Crippen LogP contribution in [0, 0.1) is 0 Å². The molecule has 0 aliphatic carbocycles. The average Bonchev–Trinajstić information content (AvgIpc) is 2.98. The molecule has 1 saturated heterocycles. The lowest BCUT2D eigenvalue weighted by Crippen LogP contribution is -2.33. The fraction of sp³-hybridized carbons (Fsp3) is 0.500. The molecule has 10 heteroatoms. The summed E-state index contributed by atoms with van der Waals surface area (Å²) >= 11 is 3.00. The SMILES string of the molecule is O=c1c2cnn(C3O[C@H](CO)[C@@H](O)[C@H]3O)c2ncn1Br. The zero-order valence-electron chi connectivity index (χ0n) is 10.00. The molecule has 3 heterocycles. The second-order valence-corrected chi connectivity index (χ2v) is 5.18. The van der Waals surface area contributed by atoms with Gasteiger partial charge in [-0.15, -0.1) is 0 Å². The monoisotopic (exact) mass is 346 g/mol. The number of aliphatic hydroxyl groups is 3. The van der Waals surface area contributed by atoms with E-state index in [0.29, 0.717) is 0 Å². The molecule has 1 unspecified atom stereocenters. The third-order valence-corrected chi connectivity index (χ3v) is 3.74. The van der Waals surface area contributed by atoms with Crippen LogP contribution in [0.4, 0.5) is 0 Å². The second kappa shape index (κ2) is 4.90. The zero-order chi connectivity index (χ0) is 14.4. The average molecular weight is 347 g/mol. The third kappa shape index (κ3) is 1.88. The van der Waals surface area contributed by atoms with Gasteiger partial charge in [0.25, 0.3) is 5.56 Å². The fourth-order valence-corrected chi connectivity index (χ4v) is 2.46. The fourth-order valence-electron chi connectivity index (χ4n) is 2.18. The van der Waals surface area contributed by atoms with Crippen LogP contribution in [-0.4, -0.2) is 58.6 Å². The van der Waals surface area contributed by atoms with E-state index < -0.39 is 31.1 Å². The van der Waals surface area contributed by atoms with Crippen LogP contribution in [-0.2, 0) is 4.74 Å². The molecule has 0 spiro atoms. The van der Waals surface area contributed by atoms with Crippen LogP contribution in [0.25, 0.3) is 11.0 Å². The van der Waals surface area contributed by atoms with Gasteiger partial charge in [0.05, 0.1) is 29.0 Å². The van der Waals surface area contributed by atoms with Crippen molar-refractivity contribution >= 4 is 27.2 Å². The highest BCUT2D eigenvalue weighted by Gasteiger charge is 2.44. The molecule has 0 saturated carbocycles. The summed E-state index contributed by atoms with van der Waals surface area (Å²) in [6, 6.07) is 0. The molecule has 4 atom stereocenters. The number of aromatic nitrogens is 4. The first-order valence-corrected chi connectivity index (χ1v) is 6.49. The zero-order valence-corrected chi connectivity index (χ0v) is 11.6. The van der Waals surface area contributed by atoms with Crippen LogP contribution < -0.4 is 5.56 Å². The lowest BCUT2D eigenvalue weighted by atomic mass is 10.1. The summed E-state index contributed by atoms with van der Waals surface area (Å²) in [5.41, 5.74) is -0.131. The highest BCUT2D eigenvalue weighted by molar-refractivity contribution is 9.08. The molecule has 0 radical (unpaired) electrons. The number of nitrogens with zero attached hydrogens (tertiary/aromatic N) is 4. The van der Waals surface area contributed by atoms with Crippen molar-refractivity contribution in [3.63, 3.8) is 0 Å². The summed E-state index contributed by atoms with van der Waals surface area (Å²) in [4.78, 5) is 15.9. The van der Waals surface area contributed by atoms with E-state index in [1.54, 1.807) is 0 Å².